The molecule has 1 atom stereocenters. The second-order valence-corrected chi connectivity index (χ2v) is 5.85. The van der Waals surface area contributed by atoms with Gasteiger partial charge in [0.2, 0.25) is 0 Å². The van der Waals surface area contributed by atoms with Gasteiger partial charge < -0.3 is 4.74 Å². The summed E-state index contributed by atoms with van der Waals surface area (Å²) in [4.78, 5) is 11.3. The summed E-state index contributed by atoms with van der Waals surface area (Å²) in [5, 5.41) is 0. The van der Waals surface area contributed by atoms with Gasteiger partial charge in [-0.05, 0) is 12.0 Å². The van der Waals surface area contributed by atoms with E-state index in [1.54, 1.807) is 0 Å². The van der Waals surface area contributed by atoms with Gasteiger partial charge in [-0.25, -0.2) is 4.79 Å². The molecule has 1 aromatic carbocycles. The molecule has 22 heavy (non-hydrogen) atoms. The summed E-state index contributed by atoms with van der Waals surface area (Å²) in [5.74, 6) is -0.0405. The van der Waals surface area contributed by atoms with E-state index in [0.717, 1.165) is 6.42 Å². The number of hydrogen-bond donors (Lipinski definition) is 0. The third-order valence-corrected chi connectivity index (χ3v) is 4.02. The molecule has 0 aliphatic heterocycles. The van der Waals surface area contributed by atoms with Gasteiger partial charge in [-0.2, -0.15) is 0 Å². The van der Waals surface area contributed by atoms with Gasteiger partial charge in [0.25, 0.3) is 0 Å². The first-order valence-electron chi connectivity index (χ1n) is 8.62. The van der Waals surface area contributed by atoms with Gasteiger partial charge in [0.1, 0.15) is 0 Å². The van der Waals surface area contributed by atoms with Crippen molar-refractivity contribution in [2.24, 2.45) is 0 Å². The summed E-state index contributed by atoms with van der Waals surface area (Å²) in [6, 6.07) is 10.3. The van der Waals surface area contributed by atoms with Crippen LogP contribution >= 0.6 is 0 Å². The van der Waals surface area contributed by atoms with Crippen molar-refractivity contribution in [2.45, 2.75) is 64.2 Å². The van der Waals surface area contributed by atoms with Gasteiger partial charge in [-0.15, -0.1) is 0 Å². The number of hydrogen-bond acceptors (Lipinski definition) is 2. The van der Waals surface area contributed by atoms with E-state index in [0.29, 0.717) is 12.5 Å². The lowest BCUT2D eigenvalue weighted by Gasteiger charge is -2.17. The van der Waals surface area contributed by atoms with Crippen LogP contribution in [0.5, 0.6) is 0 Å². The number of esters is 1. The van der Waals surface area contributed by atoms with Crippen molar-refractivity contribution < 1.29 is 9.53 Å². The molecule has 1 rings (SSSR count). The number of unbranched alkanes of at least 4 members (excludes halogenated alkanes) is 6. The Bertz CT molecular complexity index is 411. The topological polar surface area (TPSA) is 26.3 Å². The first-order chi connectivity index (χ1) is 10.8. The van der Waals surface area contributed by atoms with Crippen LogP contribution in [-0.4, -0.2) is 12.6 Å². The Morgan fingerprint density at radius 2 is 1.73 bits per heavy atom. The van der Waals surface area contributed by atoms with E-state index in [-0.39, 0.29) is 5.97 Å². The van der Waals surface area contributed by atoms with E-state index in [4.69, 9.17) is 4.74 Å². The Hall–Kier alpha value is -1.57. The molecule has 0 aliphatic rings. The van der Waals surface area contributed by atoms with E-state index >= 15 is 0 Å². The molecule has 0 bridgehead atoms. The maximum atomic E-state index is 11.3. The second kappa shape index (κ2) is 12.0. The maximum Gasteiger partial charge on any atom is 0.330 e. The normalized spacial score (nSPS) is 11.9. The standard InChI is InChI=1S/C20H30O2/c1-3-5-6-7-8-9-11-16-19(17-22-20(21)4-2)18-14-12-10-13-15-18/h4,10,12-15,19H,2-3,5-9,11,16-17H2,1H3. The smallest absolute Gasteiger partial charge is 0.330 e. The molecule has 2 nitrogen and oxygen atoms in total. The first-order valence-corrected chi connectivity index (χ1v) is 8.62. The van der Waals surface area contributed by atoms with Crippen molar-refractivity contribution in [1.82, 2.24) is 0 Å². The van der Waals surface area contributed by atoms with Crippen LogP contribution in [0.15, 0.2) is 43.0 Å². The minimum atomic E-state index is -0.333. The molecule has 0 aromatic heterocycles. The predicted octanol–water partition coefficient (Wildman–Crippen LogP) is 5.64. The molecule has 0 N–H and O–H groups in total. The average molecular weight is 302 g/mol. The monoisotopic (exact) mass is 302 g/mol. The molecule has 1 unspecified atom stereocenters. The number of ether oxygens (including phenoxy) is 1. The maximum absolute atomic E-state index is 11.3. The molecule has 122 valence electrons. The van der Waals surface area contributed by atoms with Gasteiger partial charge in [0.05, 0.1) is 6.61 Å². The Kier molecular flexibility index (Phi) is 10.1. The summed E-state index contributed by atoms with van der Waals surface area (Å²) >= 11 is 0. The third kappa shape index (κ3) is 8.02. The lowest BCUT2D eigenvalue weighted by atomic mass is 9.93. The van der Waals surface area contributed by atoms with Gasteiger partial charge in [0.15, 0.2) is 0 Å². The number of rotatable bonds is 12. The zero-order valence-corrected chi connectivity index (χ0v) is 13.9. The van der Waals surface area contributed by atoms with Gasteiger partial charge in [-0.3, -0.25) is 0 Å². The van der Waals surface area contributed by atoms with Crippen molar-refractivity contribution in [2.75, 3.05) is 6.61 Å². The lowest BCUT2D eigenvalue weighted by molar-refractivity contribution is -0.138. The van der Waals surface area contributed by atoms with E-state index in [1.165, 1.54) is 56.6 Å². The number of benzene rings is 1. The van der Waals surface area contributed by atoms with E-state index in [2.05, 4.69) is 25.6 Å². The molecule has 1 aromatic rings. The Labute approximate surface area is 135 Å². The van der Waals surface area contributed by atoms with E-state index < -0.39 is 0 Å². The zero-order chi connectivity index (χ0) is 16.0. The van der Waals surface area contributed by atoms with Crippen molar-refractivity contribution in [3.05, 3.63) is 48.6 Å². The summed E-state index contributed by atoms with van der Waals surface area (Å²) in [7, 11) is 0. The minimum Gasteiger partial charge on any atom is -0.462 e. The first kappa shape index (κ1) is 18.5. The molecule has 0 aliphatic carbocycles. The second-order valence-electron chi connectivity index (χ2n) is 5.85. The minimum absolute atomic E-state index is 0.292. The Morgan fingerprint density at radius 1 is 1.09 bits per heavy atom. The Morgan fingerprint density at radius 3 is 2.36 bits per heavy atom. The van der Waals surface area contributed by atoms with Crippen LogP contribution in [0, 0.1) is 0 Å². The van der Waals surface area contributed by atoms with E-state index in [1.807, 2.05) is 18.2 Å². The molecule has 0 amide bonds. The fraction of sp³-hybridized carbons (Fsp3) is 0.550. The van der Waals surface area contributed by atoms with Gasteiger partial charge in [-0.1, -0.05) is 88.8 Å². The molecule has 0 saturated carbocycles. The molecule has 0 spiro atoms. The highest BCUT2D eigenvalue weighted by Crippen LogP contribution is 2.23. The molecule has 0 heterocycles. The summed E-state index contributed by atoms with van der Waals surface area (Å²) in [6.07, 6.45) is 11.4. The average Bonchev–Trinajstić information content (AvgIpc) is 2.57. The molecular weight excluding hydrogens is 272 g/mol. The van der Waals surface area contributed by atoms with Crippen LogP contribution in [0.2, 0.25) is 0 Å². The largest absolute Gasteiger partial charge is 0.462 e. The molecule has 0 radical (unpaired) electrons. The molecule has 2 heteroatoms. The summed E-state index contributed by atoms with van der Waals surface area (Å²) in [5.41, 5.74) is 1.25. The molecule has 0 saturated heterocycles. The Balaban J connectivity index is 2.35. The highest BCUT2D eigenvalue weighted by atomic mass is 16.5. The van der Waals surface area contributed by atoms with Crippen LogP contribution in [0.3, 0.4) is 0 Å². The van der Waals surface area contributed by atoms with Crippen LogP contribution in [0.4, 0.5) is 0 Å². The fourth-order valence-corrected chi connectivity index (χ4v) is 2.66. The van der Waals surface area contributed by atoms with Crippen LogP contribution < -0.4 is 0 Å². The van der Waals surface area contributed by atoms with Crippen molar-refractivity contribution in [3.63, 3.8) is 0 Å². The summed E-state index contributed by atoms with van der Waals surface area (Å²) < 4.78 is 5.26. The van der Waals surface area contributed by atoms with Crippen molar-refractivity contribution >= 4 is 5.97 Å². The number of carbonyl (C=O) groups is 1. The number of carbonyl (C=O) groups excluding carboxylic acids is 1. The predicted molar refractivity (Wildman–Crippen MR) is 92.9 cm³/mol. The van der Waals surface area contributed by atoms with Gasteiger partial charge >= 0.3 is 5.97 Å². The van der Waals surface area contributed by atoms with Gasteiger partial charge in [0, 0.05) is 12.0 Å². The van der Waals surface area contributed by atoms with Crippen LogP contribution in [-0.2, 0) is 9.53 Å². The fourth-order valence-electron chi connectivity index (χ4n) is 2.66. The van der Waals surface area contributed by atoms with Crippen molar-refractivity contribution in [1.29, 1.82) is 0 Å². The lowest BCUT2D eigenvalue weighted by Crippen LogP contribution is -2.11. The van der Waals surface area contributed by atoms with Crippen molar-refractivity contribution in [3.8, 4) is 0 Å². The highest BCUT2D eigenvalue weighted by molar-refractivity contribution is 5.81. The van der Waals surface area contributed by atoms with E-state index in [9.17, 15) is 4.79 Å². The highest BCUT2D eigenvalue weighted by Gasteiger charge is 2.13. The van der Waals surface area contributed by atoms with Crippen LogP contribution in [0.25, 0.3) is 0 Å². The summed E-state index contributed by atoms with van der Waals surface area (Å²) in [6.45, 7) is 6.14. The zero-order valence-electron chi connectivity index (χ0n) is 13.9. The third-order valence-electron chi connectivity index (χ3n) is 4.02. The quantitative estimate of drug-likeness (QED) is 0.284. The SMILES string of the molecule is C=CC(=O)OCC(CCCCCCCCC)c1ccccc1. The van der Waals surface area contributed by atoms with Crippen LogP contribution in [0.1, 0.15) is 69.8 Å². The molecular formula is C20H30O2. The molecule has 0 fully saturated rings.